The fourth-order valence-corrected chi connectivity index (χ4v) is 5.88. The van der Waals surface area contributed by atoms with Crippen LogP contribution in [0.15, 0.2) is 71.6 Å². The number of sulfonamides is 1. The Hall–Kier alpha value is -3.65. The van der Waals surface area contributed by atoms with Gasteiger partial charge < -0.3 is 10.2 Å². The van der Waals surface area contributed by atoms with Crippen LogP contribution in [0.1, 0.15) is 55.0 Å². The average Bonchev–Trinajstić information content (AvgIpc) is 2.91. The molecule has 0 radical (unpaired) electrons. The van der Waals surface area contributed by atoms with Crippen molar-refractivity contribution in [1.82, 2.24) is 10.2 Å². The molecule has 3 rings (SSSR count). The number of rotatable bonds is 11. The molecule has 2 amide bonds. The summed E-state index contributed by atoms with van der Waals surface area (Å²) in [5.74, 6) is -0.750. The lowest BCUT2D eigenvalue weighted by molar-refractivity contribution is -0.139. The second-order valence-electron chi connectivity index (χ2n) is 10.5. The van der Waals surface area contributed by atoms with E-state index in [1.165, 1.54) is 9.21 Å². The van der Waals surface area contributed by atoms with Crippen LogP contribution >= 0.6 is 0 Å². The quantitative estimate of drug-likeness (QED) is 0.336. The topological polar surface area (TPSA) is 86.8 Å². The number of hydrogen-bond donors (Lipinski definition) is 1. The minimum absolute atomic E-state index is 0.0563. The van der Waals surface area contributed by atoms with Gasteiger partial charge in [-0.3, -0.25) is 13.9 Å². The van der Waals surface area contributed by atoms with Gasteiger partial charge in [0.2, 0.25) is 11.8 Å². The fourth-order valence-electron chi connectivity index (χ4n) is 4.41. The Bertz CT molecular complexity index is 1450. The van der Waals surface area contributed by atoms with Crippen molar-refractivity contribution in [2.24, 2.45) is 0 Å². The van der Waals surface area contributed by atoms with Crippen LogP contribution in [0.25, 0.3) is 0 Å². The maximum Gasteiger partial charge on any atom is 0.264 e. The van der Waals surface area contributed by atoms with Gasteiger partial charge in [0.25, 0.3) is 10.0 Å². The normalized spacial score (nSPS) is 12.9. The number of carbonyl (C=O) groups excluding carboxylic acids is 2. The molecular weight excluding hydrogens is 522 g/mol. The zero-order chi connectivity index (χ0) is 29.6. The van der Waals surface area contributed by atoms with E-state index in [4.69, 9.17) is 0 Å². The highest BCUT2D eigenvalue weighted by Crippen LogP contribution is 2.29. The second-order valence-corrected chi connectivity index (χ2v) is 12.4. The molecule has 0 saturated heterocycles. The number of nitrogens with one attached hydrogen (secondary N) is 1. The maximum absolute atomic E-state index is 14.1. The molecule has 0 bridgehead atoms. The number of nitrogens with zero attached hydrogens (tertiary/aromatic N) is 2. The summed E-state index contributed by atoms with van der Waals surface area (Å²) in [5, 5.41) is 2.96. The summed E-state index contributed by atoms with van der Waals surface area (Å²) in [6, 6.07) is 18.8. The number of benzene rings is 3. The number of hydrogen-bond acceptors (Lipinski definition) is 4. The Labute approximate surface area is 239 Å². The van der Waals surface area contributed by atoms with E-state index in [9.17, 15) is 18.0 Å². The van der Waals surface area contributed by atoms with Crippen molar-refractivity contribution in [1.29, 1.82) is 0 Å². The third kappa shape index (κ3) is 7.30. The number of carbonyl (C=O) groups is 2. The zero-order valence-corrected chi connectivity index (χ0v) is 25.4. The largest absolute Gasteiger partial charge is 0.352 e. The summed E-state index contributed by atoms with van der Waals surface area (Å²) in [5.41, 5.74) is 4.92. The molecule has 3 aromatic rings. The molecule has 0 aromatic heterocycles. The number of aryl methyl sites for hydroxylation is 3. The van der Waals surface area contributed by atoms with Crippen molar-refractivity contribution in [3.63, 3.8) is 0 Å². The minimum Gasteiger partial charge on any atom is -0.352 e. The molecule has 0 saturated carbocycles. The van der Waals surface area contributed by atoms with Crippen molar-refractivity contribution in [2.75, 3.05) is 10.8 Å². The molecule has 0 heterocycles. The van der Waals surface area contributed by atoms with Crippen LogP contribution in [-0.2, 0) is 26.2 Å². The SMILES string of the molecule is CC[C@H](C)NC(=O)[C@H](C)N(Cc1cccc(C)c1)C(=O)CN(c1cccc(C)c1C)S(=O)(=O)c1ccc(C)cc1. The summed E-state index contributed by atoms with van der Waals surface area (Å²) in [7, 11) is -4.10. The van der Waals surface area contributed by atoms with E-state index >= 15 is 0 Å². The van der Waals surface area contributed by atoms with Gasteiger partial charge in [-0.15, -0.1) is 0 Å². The predicted octanol–water partition coefficient (Wildman–Crippen LogP) is 5.45. The smallest absolute Gasteiger partial charge is 0.264 e. The van der Waals surface area contributed by atoms with E-state index in [0.717, 1.165) is 34.2 Å². The lowest BCUT2D eigenvalue weighted by atomic mass is 10.1. The van der Waals surface area contributed by atoms with Crippen molar-refractivity contribution >= 4 is 27.5 Å². The molecule has 0 unspecified atom stereocenters. The number of amides is 2. The van der Waals surface area contributed by atoms with E-state index < -0.39 is 28.5 Å². The third-order valence-electron chi connectivity index (χ3n) is 7.34. The van der Waals surface area contributed by atoms with E-state index in [0.29, 0.717) is 5.69 Å². The zero-order valence-electron chi connectivity index (χ0n) is 24.6. The predicted molar refractivity (Wildman–Crippen MR) is 161 cm³/mol. The minimum atomic E-state index is -4.10. The first-order valence-electron chi connectivity index (χ1n) is 13.7. The third-order valence-corrected chi connectivity index (χ3v) is 9.11. The summed E-state index contributed by atoms with van der Waals surface area (Å²) < 4.78 is 29.2. The first-order chi connectivity index (χ1) is 18.8. The van der Waals surface area contributed by atoms with Gasteiger partial charge in [0, 0.05) is 12.6 Å². The van der Waals surface area contributed by atoms with Crippen LogP contribution in [0, 0.1) is 27.7 Å². The average molecular weight is 564 g/mol. The van der Waals surface area contributed by atoms with Gasteiger partial charge in [-0.05, 0) is 82.9 Å². The van der Waals surface area contributed by atoms with E-state index in [1.54, 1.807) is 43.3 Å². The number of anilines is 1. The van der Waals surface area contributed by atoms with Crippen LogP contribution in [0.5, 0.6) is 0 Å². The Morgan fingerprint density at radius 2 is 1.52 bits per heavy atom. The monoisotopic (exact) mass is 563 g/mol. The van der Waals surface area contributed by atoms with Gasteiger partial charge in [0.15, 0.2) is 0 Å². The van der Waals surface area contributed by atoms with Crippen LogP contribution < -0.4 is 9.62 Å². The van der Waals surface area contributed by atoms with Crippen LogP contribution in [-0.4, -0.2) is 43.8 Å². The summed E-state index contributed by atoms with van der Waals surface area (Å²) >= 11 is 0. The van der Waals surface area contributed by atoms with Gasteiger partial charge in [0.1, 0.15) is 12.6 Å². The van der Waals surface area contributed by atoms with E-state index in [-0.39, 0.29) is 23.4 Å². The fraction of sp³-hybridized carbons (Fsp3) is 0.375. The molecule has 8 heteroatoms. The Balaban J connectivity index is 2.07. The van der Waals surface area contributed by atoms with Crippen molar-refractivity contribution in [3.05, 3.63) is 94.5 Å². The molecule has 2 atom stereocenters. The van der Waals surface area contributed by atoms with Crippen molar-refractivity contribution in [3.8, 4) is 0 Å². The highest BCUT2D eigenvalue weighted by atomic mass is 32.2. The molecule has 7 nitrogen and oxygen atoms in total. The molecule has 0 aliphatic carbocycles. The molecule has 0 fully saturated rings. The molecule has 40 heavy (non-hydrogen) atoms. The van der Waals surface area contributed by atoms with Crippen LogP contribution in [0.2, 0.25) is 0 Å². The molecule has 0 spiro atoms. The van der Waals surface area contributed by atoms with Gasteiger partial charge in [-0.25, -0.2) is 8.42 Å². The molecule has 0 aliphatic heterocycles. The van der Waals surface area contributed by atoms with Crippen molar-refractivity contribution in [2.45, 2.75) is 78.4 Å². The summed E-state index contributed by atoms with van der Waals surface area (Å²) in [6.45, 7) is 12.9. The van der Waals surface area contributed by atoms with E-state index in [2.05, 4.69) is 5.32 Å². The Morgan fingerprint density at radius 3 is 2.15 bits per heavy atom. The Kier molecular flexibility index (Phi) is 10.1. The van der Waals surface area contributed by atoms with Gasteiger partial charge >= 0.3 is 0 Å². The van der Waals surface area contributed by atoms with Crippen LogP contribution in [0.3, 0.4) is 0 Å². The highest BCUT2D eigenvalue weighted by molar-refractivity contribution is 7.92. The standard InChI is InChI=1S/C32H41N3O4S/c1-8-25(5)33-32(37)27(7)34(20-28-13-9-11-23(3)19-28)31(36)21-35(30-14-10-12-24(4)26(30)6)40(38,39)29-17-15-22(2)16-18-29/h9-19,25,27H,8,20-21H2,1-7H3,(H,33,37)/t25-,27-/m0/s1. The second kappa shape index (κ2) is 13.1. The van der Waals surface area contributed by atoms with Crippen molar-refractivity contribution < 1.29 is 18.0 Å². The van der Waals surface area contributed by atoms with Gasteiger partial charge in [-0.2, -0.15) is 0 Å². The molecule has 0 aliphatic rings. The lowest BCUT2D eigenvalue weighted by Crippen LogP contribution is -2.52. The van der Waals surface area contributed by atoms with E-state index in [1.807, 2.05) is 71.9 Å². The summed E-state index contributed by atoms with van der Waals surface area (Å²) in [4.78, 5) is 28.8. The lowest BCUT2D eigenvalue weighted by Gasteiger charge is -2.33. The molecule has 3 aromatic carbocycles. The molecular formula is C32H41N3O4S. The first kappa shape index (κ1) is 30.9. The maximum atomic E-state index is 14.1. The van der Waals surface area contributed by atoms with Gasteiger partial charge in [0.05, 0.1) is 10.6 Å². The highest BCUT2D eigenvalue weighted by Gasteiger charge is 2.33. The molecule has 1 N–H and O–H groups in total. The molecule has 214 valence electrons. The first-order valence-corrected chi connectivity index (χ1v) is 15.1. The summed E-state index contributed by atoms with van der Waals surface area (Å²) in [6.07, 6.45) is 0.749. The van der Waals surface area contributed by atoms with Gasteiger partial charge in [-0.1, -0.05) is 66.6 Å². The Morgan fingerprint density at radius 1 is 0.875 bits per heavy atom. The van der Waals surface area contributed by atoms with Crippen LogP contribution in [0.4, 0.5) is 5.69 Å².